The molecule has 0 unspecified atom stereocenters. The van der Waals surface area contributed by atoms with Crippen molar-refractivity contribution in [3.05, 3.63) is 29.8 Å². The topological polar surface area (TPSA) is 84.8 Å². The number of piperidine rings is 1. The fraction of sp³-hybridized carbons (Fsp3) is 0.357. The number of carbonyl (C=O) groups is 2. The number of nitrogens with zero attached hydrogens (tertiary/aromatic N) is 2. The van der Waals surface area contributed by atoms with E-state index in [2.05, 4.69) is 10.5 Å². The molecular weight excluding hydrogens is 258 g/mol. The summed E-state index contributed by atoms with van der Waals surface area (Å²) in [6.45, 7) is 2.96. The van der Waals surface area contributed by atoms with E-state index in [0.717, 1.165) is 24.2 Å². The van der Waals surface area contributed by atoms with Gasteiger partial charge in [-0.2, -0.15) is 5.10 Å². The molecule has 1 heterocycles. The van der Waals surface area contributed by atoms with Gasteiger partial charge in [0, 0.05) is 38.6 Å². The molecule has 6 nitrogen and oxygen atoms in total. The van der Waals surface area contributed by atoms with Gasteiger partial charge >= 0.3 is 0 Å². The minimum Gasteiger partial charge on any atom is -0.545 e. The molecule has 0 atom stereocenters. The van der Waals surface area contributed by atoms with Crippen LogP contribution >= 0.6 is 0 Å². The SMILES string of the molecule is CC(=O)N1CCC(=NNc2ccc(C(=O)[O-])cc2)CC1. The summed E-state index contributed by atoms with van der Waals surface area (Å²) in [5.74, 6) is -1.10. The molecule has 2 rings (SSSR count). The zero-order valence-electron chi connectivity index (χ0n) is 11.3. The number of hydrogen-bond acceptors (Lipinski definition) is 5. The van der Waals surface area contributed by atoms with Crippen LogP contribution in [-0.2, 0) is 4.79 Å². The van der Waals surface area contributed by atoms with Crippen molar-refractivity contribution in [2.75, 3.05) is 18.5 Å². The molecule has 1 amide bonds. The minimum absolute atomic E-state index is 0.0925. The first-order chi connectivity index (χ1) is 9.56. The molecule has 0 bridgehead atoms. The molecule has 1 N–H and O–H groups in total. The highest BCUT2D eigenvalue weighted by molar-refractivity contribution is 5.88. The Balaban J connectivity index is 1.90. The largest absolute Gasteiger partial charge is 0.545 e. The van der Waals surface area contributed by atoms with E-state index < -0.39 is 5.97 Å². The highest BCUT2D eigenvalue weighted by Crippen LogP contribution is 2.11. The summed E-state index contributed by atoms with van der Waals surface area (Å²) in [5.41, 5.74) is 4.76. The van der Waals surface area contributed by atoms with Gasteiger partial charge in [-0.05, 0) is 17.7 Å². The van der Waals surface area contributed by atoms with Crippen LogP contribution in [-0.4, -0.2) is 35.6 Å². The number of nitrogens with one attached hydrogen (secondary N) is 1. The van der Waals surface area contributed by atoms with Crippen molar-refractivity contribution < 1.29 is 14.7 Å². The van der Waals surface area contributed by atoms with Crippen LogP contribution in [0.1, 0.15) is 30.1 Å². The number of carboxylic acids is 1. The Kier molecular flexibility index (Phi) is 4.34. The molecule has 1 aliphatic heterocycles. The van der Waals surface area contributed by atoms with Gasteiger partial charge in [-0.15, -0.1) is 0 Å². The van der Waals surface area contributed by atoms with E-state index in [9.17, 15) is 14.7 Å². The van der Waals surface area contributed by atoms with Gasteiger partial charge in [0.05, 0.1) is 11.7 Å². The van der Waals surface area contributed by atoms with Crippen molar-refractivity contribution in [2.45, 2.75) is 19.8 Å². The van der Waals surface area contributed by atoms with Gasteiger partial charge in [-0.3, -0.25) is 10.2 Å². The monoisotopic (exact) mass is 274 g/mol. The molecule has 1 aromatic rings. The van der Waals surface area contributed by atoms with Crippen LogP contribution in [0.25, 0.3) is 0 Å². The average molecular weight is 274 g/mol. The lowest BCUT2D eigenvalue weighted by Gasteiger charge is -2.26. The van der Waals surface area contributed by atoms with Crippen LogP contribution in [0.5, 0.6) is 0 Å². The second-order valence-electron chi connectivity index (χ2n) is 4.66. The smallest absolute Gasteiger partial charge is 0.219 e. The average Bonchev–Trinajstić information content (AvgIpc) is 2.46. The normalized spacial score (nSPS) is 14.8. The summed E-state index contributed by atoms with van der Waals surface area (Å²) >= 11 is 0. The highest BCUT2D eigenvalue weighted by Gasteiger charge is 2.16. The van der Waals surface area contributed by atoms with E-state index in [1.807, 2.05) is 0 Å². The first-order valence-electron chi connectivity index (χ1n) is 6.44. The van der Waals surface area contributed by atoms with Gasteiger partial charge in [0.1, 0.15) is 0 Å². The first-order valence-corrected chi connectivity index (χ1v) is 6.44. The molecule has 0 radical (unpaired) electrons. The van der Waals surface area contributed by atoms with Crippen LogP contribution in [0.15, 0.2) is 29.4 Å². The lowest BCUT2D eigenvalue weighted by Crippen LogP contribution is -2.37. The fourth-order valence-electron chi connectivity index (χ4n) is 2.02. The Labute approximate surface area is 117 Å². The summed E-state index contributed by atoms with van der Waals surface area (Å²) in [6, 6.07) is 6.21. The minimum atomic E-state index is -1.19. The van der Waals surface area contributed by atoms with Crippen molar-refractivity contribution in [3.63, 3.8) is 0 Å². The molecule has 20 heavy (non-hydrogen) atoms. The number of carbonyl (C=O) groups excluding carboxylic acids is 2. The van der Waals surface area contributed by atoms with Crippen molar-refractivity contribution in [3.8, 4) is 0 Å². The Hall–Kier alpha value is -2.37. The van der Waals surface area contributed by atoms with E-state index in [1.165, 1.54) is 12.1 Å². The number of aromatic carboxylic acids is 1. The third-order valence-corrected chi connectivity index (χ3v) is 3.25. The second kappa shape index (κ2) is 6.18. The molecule has 1 aromatic carbocycles. The Morgan fingerprint density at radius 1 is 1.20 bits per heavy atom. The number of hydrazone groups is 1. The van der Waals surface area contributed by atoms with Crippen LogP contribution < -0.4 is 10.5 Å². The van der Waals surface area contributed by atoms with Crippen molar-refractivity contribution in [2.24, 2.45) is 5.10 Å². The van der Waals surface area contributed by atoms with Crippen LogP contribution in [0.3, 0.4) is 0 Å². The molecule has 0 aromatic heterocycles. The summed E-state index contributed by atoms with van der Waals surface area (Å²) in [4.78, 5) is 23.6. The third-order valence-electron chi connectivity index (χ3n) is 3.25. The van der Waals surface area contributed by atoms with Gasteiger partial charge < -0.3 is 14.8 Å². The van der Waals surface area contributed by atoms with Crippen LogP contribution in [0.4, 0.5) is 5.69 Å². The zero-order chi connectivity index (χ0) is 14.5. The number of hydrogen-bond donors (Lipinski definition) is 1. The van der Waals surface area contributed by atoms with Crippen molar-refractivity contribution in [1.29, 1.82) is 0 Å². The van der Waals surface area contributed by atoms with Crippen molar-refractivity contribution >= 4 is 23.3 Å². The Morgan fingerprint density at radius 2 is 1.80 bits per heavy atom. The first kappa shape index (κ1) is 14.0. The van der Waals surface area contributed by atoms with Gasteiger partial charge in [0.15, 0.2) is 0 Å². The fourth-order valence-corrected chi connectivity index (χ4v) is 2.02. The van der Waals surface area contributed by atoms with Gasteiger partial charge in [0.25, 0.3) is 0 Å². The quantitative estimate of drug-likeness (QED) is 0.811. The summed E-state index contributed by atoms with van der Waals surface area (Å²) in [7, 11) is 0. The van der Waals surface area contributed by atoms with E-state index in [4.69, 9.17) is 0 Å². The van der Waals surface area contributed by atoms with E-state index in [1.54, 1.807) is 24.0 Å². The number of likely N-dealkylation sites (tertiary alicyclic amines) is 1. The van der Waals surface area contributed by atoms with E-state index >= 15 is 0 Å². The lowest BCUT2D eigenvalue weighted by molar-refractivity contribution is -0.255. The summed E-state index contributed by atoms with van der Waals surface area (Å²) in [6.07, 6.45) is 1.51. The number of carboxylic acid groups (broad SMARTS) is 1. The predicted octanol–water partition coefficient (Wildman–Crippen LogP) is 0.460. The predicted molar refractivity (Wildman–Crippen MR) is 73.3 cm³/mol. The Bertz CT molecular complexity index is 527. The number of amides is 1. The second-order valence-corrected chi connectivity index (χ2v) is 4.66. The highest BCUT2D eigenvalue weighted by atomic mass is 16.4. The lowest BCUT2D eigenvalue weighted by atomic mass is 10.1. The summed E-state index contributed by atoms with van der Waals surface area (Å²) < 4.78 is 0. The van der Waals surface area contributed by atoms with Crippen LogP contribution in [0.2, 0.25) is 0 Å². The Morgan fingerprint density at radius 3 is 2.30 bits per heavy atom. The molecule has 106 valence electrons. The van der Waals surface area contributed by atoms with Gasteiger partial charge in [-0.1, -0.05) is 12.1 Å². The maximum atomic E-state index is 11.2. The maximum Gasteiger partial charge on any atom is 0.219 e. The molecule has 1 aliphatic rings. The van der Waals surface area contributed by atoms with Crippen LogP contribution in [0, 0.1) is 0 Å². The number of rotatable bonds is 3. The van der Waals surface area contributed by atoms with Crippen molar-refractivity contribution in [1.82, 2.24) is 4.90 Å². The van der Waals surface area contributed by atoms with Gasteiger partial charge in [-0.25, -0.2) is 0 Å². The molecule has 1 fully saturated rings. The maximum absolute atomic E-state index is 11.2. The van der Waals surface area contributed by atoms with E-state index in [0.29, 0.717) is 13.1 Å². The molecule has 0 saturated carbocycles. The zero-order valence-corrected chi connectivity index (χ0v) is 11.3. The standard InChI is InChI=1S/C14H17N3O3/c1-10(18)17-8-6-13(7-9-17)16-15-12-4-2-11(3-5-12)14(19)20/h2-5,15H,6-9H2,1H3,(H,19,20)/p-1. The summed E-state index contributed by atoms with van der Waals surface area (Å²) in [5, 5.41) is 14.9. The number of anilines is 1. The molecule has 0 spiro atoms. The number of benzene rings is 1. The molecular formula is C14H16N3O3-. The van der Waals surface area contributed by atoms with E-state index in [-0.39, 0.29) is 11.5 Å². The molecule has 6 heteroatoms. The molecule has 0 aliphatic carbocycles. The van der Waals surface area contributed by atoms with Gasteiger partial charge in [0.2, 0.25) is 5.91 Å². The molecule has 1 saturated heterocycles. The third kappa shape index (κ3) is 3.57.